The summed E-state index contributed by atoms with van der Waals surface area (Å²) in [5.41, 5.74) is 0.765. The number of benzene rings is 1. The molecule has 0 radical (unpaired) electrons. The fraction of sp³-hybridized carbons (Fsp3) is 0.0667. The van der Waals surface area contributed by atoms with E-state index in [9.17, 15) is 8.42 Å². The molecule has 0 saturated heterocycles. The SMILES string of the molecule is O=S(=O)(NCc1ccc(-n2cccn2)nc1)c1ccc(Br)cc1. The van der Waals surface area contributed by atoms with Crippen LogP contribution in [0.1, 0.15) is 5.56 Å². The second-order valence-corrected chi connectivity index (χ2v) is 7.44. The summed E-state index contributed by atoms with van der Waals surface area (Å²) >= 11 is 3.28. The summed E-state index contributed by atoms with van der Waals surface area (Å²) < 4.78 is 29.4. The number of hydrogen-bond acceptors (Lipinski definition) is 4. The van der Waals surface area contributed by atoms with Gasteiger partial charge in [-0.3, -0.25) is 0 Å². The number of sulfonamides is 1. The van der Waals surface area contributed by atoms with Crippen molar-refractivity contribution in [3.63, 3.8) is 0 Å². The van der Waals surface area contributed by atoms with E-state index in [0.29, 0.717) is 5.82 Å². The molecule has 0 atom stereocenters. The zero-order chi connectivity index (χ0) is 16.3. The second-order valence-electron chi connectivity index (χ2n) is 4.75. The van der Waals surface area contributed by atoms with Gasteiger partial charge in [-0.15, -0.1) is 0 Å². The van der Waals surface area contributed by atoms with Crippen LogP contribution in [0.4, 0.5) is 0 Å². The summed E-state index contributed by atoms with van der Waals surface area (Å²) in [6.07, 6.45) is 5.08. The van der Waals surface area contributed by atoms with Crippen LogP contribution in [0, 0.1) is 0 Å². The van der Waals surface area contributed by atoms with Crippen LogP contribution in [0.25, 0.3) is 5.82 Å². The van der Waals surface area contributed by atoms with Gasteiger partial charge in [0.1, 0.15) is 0 Å². The zero-order valence-electron chi connectivity index (χ0n) is 11.9. The van der Waals surface area contributed by atoms with Crippen molar-refractivity contribution in [3.8, 4) is 5.82 Å². The smallest absolute Gasteiger partial charge is 0.237 e. The Balaban J connectivity index is 1.69. The summed E-state index contributed by atoms with van der Waals surface area (Å²) in [5.74, 6) is 0.675. The van der Waals surface area contributed by atoms with E-state index in [0.717, 1.165) is 10.0 Å². The molecular weight excluding hydrogens is 380 g/mol. The molecule has 0 amide bonds. The van der Waals surface area contributed by atoms with Crippen LogP contribution in [-0.4, -0.2) is 23.2 Å². The molecule has 0 aliphatic heterocycles. The van der Waals surface area contributed by atoms with Crippen LogP contribution in [0.15, 0.2) is 70.4 Å². The van der Waals surface area contributed by atoms with E-state index in [1.807, 2.05) is 12.1 Å². The Morgan fingerprint density at radius 3 is 2.52 bits per heavy atom. The molecule has 0 spiro atoms. The summed E-state index contributed by atoms with van der Waals surface area (Å²) in [4.78, 5) is 4.49. The van der Waals surface area contributed by atoms with Gasteiger partial charge in [0.25, 0.3) is 0 Å². The lowest BCUT2D eigenvalue weighted by molar-refractivity contribution is 0.581. The molecule has 23 heavy (non-hydrogen) atoms. The Labute approximate surface area is 142 Å². The molecule has 6 nitrogen and oxygen atoms in total. The average molecular weight is 393 g/mol. The van der Waals surface area contributed by atoms with Gasteiger partial charge >= 0.3 is 0 Å². The molecule has 3 rings (SSSR count). The Morgan fingerprint density at radius 2 is 1.91 bits per heavy atom. The summed E-state index contributed by atoms with van der Waals surface area (Å²) in [6.45, 7) is 0.171. The zero-order valence-corrected chi connectivity index (χ0v) is 14.3. The van der Waals surface area contributed by atoms with Crippen LogP contribution < -0.4 is 4.72 Å². The number of rotatable bonds is 5. The number of pyridine rings is 1. The fourth-order valence-corrected chi connectivity index (χ4v) is 3.22. The van der Waals surface area contributed by atoms with Crippen LogP contribution in [0.3, 0.4) is 0 Å². The largest absolute Gasteiger partial charge is 0.240 e. The first-order valence-electron chi connectivity index (χ1n) is 6.75. The second kappa shape index (κ2) is 6.61. The lowest BCUT2D eigenvalue weighted by Gasteiger charge is -2.07. The van der Waals surface area contributed by atoms with E-state index in [1.165, 1.54) is 0 Å². The summed E-state index contributed by atoms with van der Waals surface area (Å²) in [6, 6.07) is 11.9. The monoisotopic (exact) mass is 392 g/mol. The number of aromatic nitrogens is 3. The molecule has 0 aliphatic rings. The quantitative estimate of drug-likeness (QED) is 0.723. The molecule has 0 saturated carbocycles. The maximum absolute atomic E-state index is 12.2. The highest BCUT2D eigenvalue weighted by Gasteiger charge is 2.13. The Morgan fingerprint density at radius 1 is 1.13 bits per heavy atom. The van der Waals surface area contributed by atoms with E-state index in [2.05, 4.69) is 30.7 Å². The minimum absolute atomic E-state index is 0.171. The fourth-order valence-electron chi connectivity index (χ4n) is 1.94. The third-order valence-corrected chi connectivity index (χ3v) is 5.08. The number of nitrogens with zero attached hydrogens (tertiary/aromatic N) is 3. The molecule has 0 bridgehead atoms. The van der Waals surface area contributed by atoms with Gasteiger partial charge in [0.15, 0.2) is 5.82 Å². The van der Waals surface area contributed by atoms with Crippen LogP contribution in [0.2, 0.25) is 0 Å². The van der Waals surface area contributed by atoms with Crippen LogP contribution >= 0.6 is 15.9 Å². The van der Waals surface area contributed by atoms with E-state index in [1.54, 1.807) is 53.6 Å². The van der Waals surface area contributed by atoms with Crippen molar-refractivity contribution >= 4 is 26.0 Å². The van der Waals surface area contributed by atoms with Crippen LogP contribution in [-0.2, 0) is 16.6 Å². The first kappa shape index (κ1) is 15.9. The van der Waals surface area contributed by atoms with Gasteiger partial charge in [-0.2, -0.15) is 5.10 Å². The summed E-state index contributed by atoms with van der Waals surface area (Å²) in [7, 11) is -3.54. The minimum Gasteiger partial charge on any atom is -0.237 e. The van der Waals surface area contributed by atoms with E-state index >= 15 is 0 Å². The number of nitrogens with one attached hydrogen (secondary N) is 1. The molecule has 8 heteroatoms. The average Bonchev–Trinajstić information content (AvgIpc) is 3.08. The predicted octanol–water partition coefficient (Wildman–Crippen LogP) is 2.51. The van der Waals surface area contributed by atoms with E-state index in [4.69, 9.17) is 0 Å². The molecule has 2 heterocycles. The predicted molar refractivity (Wildman–Crippen MR) is 89.5 cm³/mol. The number of hydrogen-bond donors (Lipinski definition) is 1. The van der Waals surface area contributed by atoms with Gasteiger partial charge < -0.3 is 0 Å². The highest BCUT2D eigenvalue weighted by molar-refractivity contribution is 9.10. The van der Waals surface area contributed by atoms with Gasteiger partial charge in [-0.1, -0.05) is 22.0 Å². The first-order chi connectivity index (χ1) is 11.0. The molecule has 1 aromatic carbocycles. The standard InChI is InChI=1S/C15H13BrN4O2S/c16-13-3-5-14(6-4-13)23(21,22)19-11-12-2-7-15(17-10-12)20-9-1-8-18-20/h1-10,19H,11H2. The third-order valence-electron chi connectivity index (χ3n) is 3.14. The normalized spacial score (nSPS) is 11.5. The maximum atomic E-state index is 12.2. The molecule has 1 N–H and O–H groups in total. The molecule has 3 aromatic rings. The van der Waals surface area contributed by atoms with Crippen molar-refractivity contribution in [2.45, 2.75) is 11.4 Å². The Kier molecular flexibility index (Phi) is 4.56. The Hall–Kier alpha value is -2.03. The first-order valence-corrected chi connectivity index (χ1v) is 9.02. The maximum Gasteiger partial charge on any atom is 0.240 e. The molecule has 0 fully saturated rings. The topological polar surface area (TPSA) is 76.9 Å². The molecule has 0 unspecified atom stereocenters. The van der Waals surface area contributed by atoms with Crippen LogP contribution in [0.5, 0.6) is 0 Å². The van der Waals surface area contributed by atoms with Crippen molar-refractivity contribution < 1.29 is 8.42 Å². The van der Waals surface area contributed by atoms with E-state index in [-0.39, 0.29) is 11.4 Å². The van der Waals surface area contributed by atoms with Gasteiger partial charge in [-0.05, 0) is 42.0 Å². The van der Waals surface area contributed by atoms with Crippen molar-refractivity contribution in [2.75, 3.05) is 0 Å². The van der Waals surface area contributed by atoms with Crippen molar-refractivity contribution in [1.29, 1.82) is 0 Å². The lowest BCUT2D eigenvalue weighted by atomic mass is 10.3. The highest BCUT2D eigenvalue weighted by atomic mass is 79.9. The van der Waals surface area contributed by atoms with Gasteiger partial charge in [0.05, 0.1) is 4.90 Å². The summed E-state index contributed by atoms with van der Waals surface area (Å²) in [5, 5.41) is 4.09. The van der Waals surface area contributed by atoms with Gasteiger partial charge in [0, 0.05) is 29.6 Å². The third kappa shape index (κ3) is 3.84. The Bertz CT molecular complexity index is 876. The van der Waals surface area contributed by atoms with Crippen molar-refractivity contribution in [2.24, 2.45) is 0 Å². The van der Waals surface area contributed by atoms with Gasteiger partial charge in [-0.25, -0.2) is 22.8 Å². The number of halogens is 1. The molecular formula is C15H13BrN4O2S. The van der Waals surface area contributed by atoms with Gasteiger partial charge in [0.2, 0.25) is 10.0 Å². The molecule has 118 valence electrons. The van der Waals surface area contributed by atoms with E-state index < -0.39 is 10.0 Å². The highest BCUT2D eigenvalue weighted by Crippen LogP contribution is 2.15. The minimum atomic E-state index is -3.54. The van der Waals surface area contributed by atoms with Crippen molar-refractivity contribution in [3.05, 3.63) is 71.1 Å². The lowest BCUT2D eigenvalue weighted by Crippen LogP contribution is -2.23. The molecule has 0 aliphatic carbocycles. The molecule has 2 aromatic heterocycles. The van der Waals surface area contributed by atoms with Crippen molar-refractivity contribution in [1.82, 2.24) is 19.5 Å².